The van der Waals surface area contributed by atoms with Gasteiger partial charge in [0.25, 0.3) is 0 Å². The van der Waals surface area contributed by atoms with Gasteiger partial charge < -0.3 is 10.6 Å². The molecule has 0 spiro atoms. The molecule has 0 bridgehead atoms. The second-order valence-corrected chi connectivity index (χ2v) is 2.49. The van der Waals surface area contributed by atoms with Crippen molar-refractivity contribution in [3.8, 4) is 0 Å². The van der Waals surface area contributed by atoms with Gasteiger partial charge in [0, 0.05) is 7.05 Å². The highest BCUT2D eigenvalue weighted by Crippen LogP contribution is 2.28. The molecule has 0 fully saturated rings. The quantitative estimate of drug-likeness (QED) is 0.594. The molecule has 0 aromatic carbocycles. The Balaban J connectivity index is 2.91. The van der Waals surface area contributed by atoms with E-state index in [1.165, 1.54) is 7.05 Å². The summed E-state index contributed by atoms with van der Waals surface area (Å²) in [7, 11) is 1.32. The third kappa shape index (κ3) is 1.69. The Bertz CT molecular complexity index is 241. The zero-order valence-electron chi connectivity index (χ0n) is 6.39. The number of hydrogen-bond acceptors (Lipinski definition) is 3. The van der Waals surface area contributed by atoms with Crippen molar-refractivity contribution in [3.05, 3.63) is 11.9 Å². The summed E-state index contributed by atoms with van der Waals surface area (Å²) in [4.78, 5) is 4.42. The first-order valence-corrected chi connectivity index (χ1v) is 3.22. The number of allylic oxidation sites excluding steroid dienone is 1. The molecule has 2 N–H and O–H groups in total. The van der Waals surface area contributed by atoms with Crippen molar-refractivity contribution in [3.63, 3.8) is 0 Å². The van der Waals surface area contributed by atoms with E-state index in [9.17, 15) is 13.2 Å². The summed E-state index contributed by atoms with van der Waals surface area (Å²) in [6, 6.07) is 0. The van der Waals surface area contributed by atoms with Crippen molar-refractivity contribution in [1.82, 2.24) is 4.90 Å². The van der Waals surface area contributed by atoms with E-state index in [2.05, 4.69) is 4.99 Å². The average Bonchev–Trinajstić information content (AvgIpc) is 1.83. The van der Waals surface area contributed by atoms with Crippen molar-refractivity contribution in [2.24, 2.45) is 10.7 Å². The van der Waals surface area contributed by atoms with Crippen molar-refractivity contribution >= 4 is 5.84 Å². The minimum atomic E-state index is -4.35. The summed E-state index contributed by atoms with van der Waals surface area (Å²) >= 11 is 0. The SMILES string of the molecule is CN1CC(N)=NC=C1C(F)(F)F. The number of nitrogens with zero attached hydrogens (tertiary/aromatic N) is 2. The summed E-state index contributed by atoms with van der Waals surface area (Å²) in [5.41, 5.74) is 4.46. The normalized spacial score (nSPS) is 18.8. The van der Waals surface area contributed by atoms with Crippen LogP contribution in [0.5, 0.6) is 0 Å². The van der Waals surface area contributed by atoms with E-state index in [0.29, 0.717) is 0 Å². The van der Waals surface area contributed by atoms with E-state index in [0.717, 1.165) is 11.1 Å². The molecule has 0 aromatic rings. The zero-order chi connectivity index (χ0) is 9.35. The van der Waals surface area contributed by atoms with Gasteiger partial charge in [-0.3, -0.25) is 0 Å². The van der Waals surface area contributed by atoms with Crippen LogP contribution in [0.25, 0.3) is 0 Å². The van der Waals surface area contributed by atoms with Gasteiger partial charge in [0.1, 0.15) is 11.5 Å². The monoisotopic (exact) mass is 179 g/mol. The third-order valence-electron chi connectivity index (χ3n) is 1.45. The molecule has 3 nitrogen and oxygen atoms in total. The maximum Gasteiger partial charge on any atom is 0.432 e. The highest BCUT2D eigenvalue weighted by atomic mass is 19.4. The molecule has 1 aliphatic heterocycles. The summed E-state index contributed by atoms with van der Waals surface area (Å²) in [5.74, 6) is 0.186. The molecule has 1 heterocycles. The Morgan fingerprint density at radius 2 is 2.17 bits per heavy atom. The van der Waals surface area contributed by atoms with Crippen LogP contribution >= 0.6 is 0 Å². The Labute approximate surface area is 67.4 Å². The summed E-state index contributed by atoms with van der Waals surface area (Å²) < 4.78 is 36.3. The number of rotatable bonds is 0. The number of aliphatic imine (C=N–C) groups is 1. The number of alkyl halides is 3. The standard InChI is InChI=1S/C6H8F3N3/c1-12-3-5(10)11-2-4(12)6(7,8)9/h2H,3H2,1H3,(H2,10,11). The summed E-state index contributed by atoms with van der Waals surface area (Å²) in [6.07, 6.45) is -3.61. The van der Waals surface area contributed by atoms with Crippen LogP contribution in [-0.2, 0) is 0 Å². The molecule has 0 atom stereocenters. The molecule has 0 aromatic heterocycles. The number of likely N-dealkylation sites (N-methyl/N-ethyl adjacent to an activating group) is 1. The molecule has 12 heavy (non-hydrogen) atoms. The molecule has 0 aliphatic carbocycles. The largest absolute Gasteiger partial charge is 0.432 e. The second kappa shape index (κ2) is 2.69. The summed E-state index contributed by atoms with van der Waals surface area (Å²) in [5, 5.41) is 0. The van der Waals surface area contributed by atoms with E-state index >= 15 is 0 Å². The maximum atomic E-state index is 12.1. The van der Waals surface area contributed by atoms with Crippen LogP contribution in [0.4, 0.5) is 13.2 Å². The lowest BCUT2D eigenvalue weighted by atomic mass is 10.3. The number of amidine groups is 1. The van der Waals surface area contributed by atoms with E-state index in [1.807, 2.05) is 0 Å². The van der Waals surface area contributed by atoms with Gasteiger partial charge in [-0.1, -0.05) is 0 Å². The first kappa shape index (κ1) is 8.89. The van der Waals surface area contributed by atoms with Gasteiger partial charge >= 0.3 is 6.18 Å². The zero-order valence-corrected chi connectivity index (χ0v) is 6.39. The highest BCUT2D eigenvalue weighted by molar-refractivity contribution is 5.83. The second-order valence-electron chi connectivity index (χ2n) is 2.49. The Hall–Kier alpha value is -1.20. The lowest BCUT2D eigenvalue weighted by Crippen LogP contribution is -2.37. The van der Waals surface area contributed by atoms with Crippen molar-refractivity contribution in [2.75, 3.05) is 13.6 Å². The van der Waals surface area contributed by atoms with Gasteiger partial charge in [-0.2, -0.15) is 13.2 Å². The topological polar surface area (TPSA) is 41.6 Å². The molecule has 1 aliphatic rings. The lowest BCUT2D eigenvalue weighted by molar-refractivity contribution is -0.109. The van der Waals surface area contributed by atoms with Crippen molar-refractivity contribution in [2.45, 2.75) is 6.18 Å². The fourth-order valence-corrected chi connectivity index (χ4v) is 0.901. The Kier molecular flexibility index (Phi) is 1.99. The van der Waals surface area contributed by atoms with Gasteiger partial charge in [-0.15, -0.1) is 0 Å². The van der Waals surface area contributed by atoms with Gasteiger partial charge in [0.15, 0.2) is 0 Å². The molecule has 6 heteroatoms. The highest BCUT2D eigenvalue weighted by Gasteiger charge is 2.37. The fourth-order valence-electron chi connectivity index (χ4n) is 0.901. The minimum Gasteiger partial charge on any atom is -0.386 e. The van der Waals surface area contributed by atoms with Gasteiger partial charge in [0.05, 0.1) is 12.7 Å². The minimum absolute atomic E-state index is 0.0192. The predicted molar refractivity (Wildman–Crippen MR) is 38.4 cm³/mol. The van der Waals surface area contributed by atoms with Crippen LogP contribution in [0.15, 0.2) is 16.9 Å². The molecular formula is C6H8F3N3. The molecule has 0 radical (unpaired) electrons. The molecule has 68 valence electrons. The van der Waals surface area contributed by atoms with Crippen molar-refractivity contribution < 1.29 is 13.2 Å². The van der Waals surface area contributed by atoms with Crippen LogP contribution in [0.2, 0.25) is 0 Å². The Morgan fingerprint density at radius 3 is 2.58 bits per heavy atom. The van der Waals surface area contributed by atoms with Crippen LogP contribution < -0.4 is 5.73 Å². The maximum absolute atomic E-state index is 12.1. The number of hydrogen-bond donors (Lipinski definition) is 1. The molecule has 0 unspecified atom stereocenters. The molecule has 0 saturated carbocycles. The van der Waals surface area contributed by atoms with Crippen LogP contribution in [0, 0.1) is 0 Å². The number of halogens is 3. The molecular weight excluding hydrogens is 171 g/mol. The number of nitrogens with two attached hydrogens (primary N) is 1. The molecule has 1 rings (SSSR count). The van der Waals surface area contributed by atoms with Crippen LogP contribution in [0.1, 0.15) is 0 Å². The van der Waals surface area contributed by atoms with E-state index in [1.54, 1.807) is 0 Å². The van der Waals surface area contributed by atoms with Gasteiger partial charge in [0.2, 0.25) is 0 Å². The first-order valence-electron chi connectivity index (χ1n) is 3.22. The third-order valence-corrected chi connectivity index (χ3v) is 1.45. The van der Waals surface area contributed by atoms with E-state index in [-0.39, 0.29) is 12.4 Å². The predicted octanol–water partition coefficient (Wildman–Crippen LogP) is 0.693. The fraction of sp³-hybridized carbons (Fsp3) is 0.500. The van der Waals surface area contributed by atoms with Gasteiger partial charge in [-0.05, 0) is 0 Å². The van der Waals surface area contributed by atoms with Gasteiger partial charge in [-0.25, -0.2) is 4.99 Å². The summed E-state index contributed by atoms with van der Waals surface area (Å²) in [6.45, 7) is 0.0192. The first-order chi connectivity index (χ1) is 5.41. The molecule has 0 amide bonds. The van der Waals surface area contributed by atoms with Crippen LogP contribution in [0.3, 0.4) is 0 Å². The Morgan fingerprint density at radius 1 is 1.58 bits per heavy atom. The average molecular weight is 179 g/mol. The van der Waals surface area contributed by atoms with E-state index < -0.39 is 11.9 Å². The molecule has 0 saturated heterocycles. The van der Waals surface area contributed by atoms with E-state index in [4.69, 9.17) is 5.73 Å². The lowest BCUT2D eigenvalue weighted by Gasteiger charge is -2.25. The van der Waals surface area contributed by atoms with Crippen molar-refractivity contribution in [1.29, 1.82) is 0 Å². The smallest absolute Gasteiger partial charge is 0.386 e. The van der Waals surface area contributed by atoms with Crippen LogP contribution in [-0.4, -0.2) is 30.5 Å².